The van der Waals surface area contributed by atoms with Gasteiger partial charge < -0.3 is 20.5 Å². The Kier molecular flexibility index (Phi) is 4.31. The lowest BCUT2D eigenvalue weighted by Crippen LogP contribution is -2.35. The summed E-state index contributed by atoms with van der Waals surface area (Å²) in [6.45, 7) is 0.864. The number of nitrogens with zero attached hydrogens (tertiary/aromatic N) is 2. The topological polar surface area (TPSA) is 88.3 Å². The number of aliphatic hydroxyl groups is 1. The predicted octanol–water partition coefficient (Wildman–Crippen LogP) is 2.34. The maximum atomic E-state index is 10.5. The molecule has 6 nitrogen and oxygen atoms in total. The number of rotatable bonds is 5. The predicted molar refractivity (Wildman–Crippen MR) is 72.0 cm³/mol. The second-order valence-corrected chi connectivity index (χ2v) is 5.23. The zero-order valence-corrected chi connectivity index (χ0v) is 10.8. The summed E-state index contributed by atoms with van der Waals surface area (Å²) in [5.41, 5.74) is 0.698. The third-order valence-corrected chi connectivity index (χ3v) is 3.85. The minimum Gasteiger partial charge on any atom is -0.396 e. The van der Waals surface area contributed by atoms with Crippen molar-refractivity contribution in [2.24, 2.45) is 5.41 Å². The summed E-state index contributed by atoms with van der Waals surface area (Å²) < 4.78 is 0. The number of anilines is 1. The third kappa shape index (κ3) is 3.41. The highest BCUT2D eigenvalue weighted by molar-refractivity contribution is 5.43. The number of pyridine rings is 1. The summed E-state index contributed by atoms with van der Waals surface area (Å²) in [5.74, 6) is -0.153. The van der Waals surface area contributed by atoms with E-state index < -0.39 is 4.92 Å². The van der Waals surface area contributed by atoms with Crippen LogP contribution in [0.5, 0.6) is 0 Å². The van der Waals surface area contributed by atoms with E-state index in [2.05, 4.69) is 10.3 Å². The molecular weight excluding hydrogens is 246 g/mol. The van der Waals surface area contributed by atoms with Gasteiger partial charge in [-0.3, -0.25) is 0 Å². The Hall–Kier alpha value is -1.69. The number of nitro groups is 1. The monoisotopic (exact) mass is 265 g/mol. The van der Waals surface area contributed by atoms with Gasteiger partial charge in [0.15, 0.2) is 6.20 Å². The molecule has 1 saturated carbocycles. The number of hydrogen-bond acceptors (Lipinski definition) is 5. The van der Waals surface area contributed by atoms with Crippen LogP contribution in [0.15, 0.2) is 18.3 Å². The molecule has 0 atom stereocenters. The van der Waals surface area contributed by atoms with Crippen molar-refractivity contribution < 1.29 is 10.0 Å². The van der Waals surface area contributed by atoms with Gasteiger partial charge in [0.2, 0.25) is 0 Å². The lowest BCUT2D eigenvalue weighted by molar-refractivity contribution is -0.389. The Bertz CT molecular complexity index is 427. The molecule has 0 saturated heterocycles. The van der Waals surface area contributed by atoms with Crippen LogP contribution < -0.4 is 5.32 Å². The van der Waals surface area contributed by atoms with Gasteiger partial charge in [-0.25, -0.2) is 0 Å². The van der Waals surface area contributed by atoms with Crippen LogP contribution in [-0.2, 0) is 0 Å². The highest BCUT2D eigenvalue weighted by Gasteiger charge is 2.31. The van der Waals surface area contributed by atoms with Gasteiger partial charge in [0, 0.05) is 18.0 Å². The van der Waals surface area contributed by atoms with Gasteiger partial charge in [0.1, 0.15) is 0 Å². The van der Waals surface area contributed by atoms with Crippen molar-refractivity contribution in [2.45, 2.75) is 32.1 Å². The maximum Gasteiger partial charge on any atom is 0.363 e. The van der Waals surface area contributed by atoms with E-state index in [4.69, 9.17) is 0 Å². The van der Waals surface area contributed by atoms with Crippen LogP contribution in [0.3, 0.4) is 0 Å². The minimum atomic E-state index is -0.514. The molecule has 6 heteroatoms. The van der Waals surface area contributed by atoms with Gasteiger partial charge in [0.25, 0.3) is 0 Å². The molecule has 19 heavy (non-hydrogen) atoms. The first-order chi connectivity index (χ1) is 9.15. The molecule has 1 aromatic rings. The second kappa shape index (κ2) is 5.97. The zero-order chi connectivity index (χ0) is 13.7. The molecule has 1 heterocycles. The Morgan fingerprint density at radius 3 is 2.63 bits per heavy atom. The first-order valence-corrected chi connectivity index (χ1v) is 6.60. The van der Waals surface area contributed by atoms with E-state index in [1.54, 1.807) is 6.07 Å². The number of hydrogen-bond donors (Lipinski definition) is 2. The lowest BCUT2D eigenvalue weighted by Gasteiger charge is -2.35. The van der Waals surface area contributed by atoms with Gasteiger partial charge in [-0.2, -0.15) is 0 Å². The first-order valence-electron chi connectivity index (χ1n) is 6.60. The maximum absolute atomic E-state index is 10.5. The fourth-order valence-electron chi connectivity index (χ4n) is 2.58. The highest BCUT2D eigenvalue weighted by Crippen LogP contribution is 2.35. The average molecular weight is 265 g/mol. The van der Waals surface area contributed by atoms with E-state index in [9.17, 15) is 15.2 Å². The van der Waals surface area contributed by atoms with Crippen molar-refractivity contribution in [3.63, 3.8) is 0 Å². The van der Waals surface area contributed by atoms with Gasteiger partial charge in [-0.05, 0) is 28.8 Å². The van der Waals surface area contributed by atoms with E-state index >= 15 is 0 Å². The fraction of sp³-hybridized carbons (Fsp3) is 0.615. The second-order valence-electron chi connectivity index (χ2n) is 5.23. The summed E-state index contributed by atoms with van der Waals surface area (Å²) in [6, 6.07) is 3.04. The van der Waals surface area contributed by atoms with Crippen LogP contribution in [0.4, 0.5) is 11.5 Å². The quantitative estimate of drug-likeness (QED) is 0.630. The van der Waals surface area contributed by atoms with Gasteiger partial charge in [-0.15, -0.1) is 0 Å². The molecule has 1 aliphatic rings. The SMILES string of the molecule is O=[N+]([O-])c1ccc(NCC2(CO)CCCCC2)cn1. The molecule has 0 aromatic carbocycles. The largest absolute Gasteiger partial charge is 0.396 e. The van der Waals surface area contributed by atoms with Crippen LogP contribution in [0.25, 0.3) is 0 Å². The molecule has 104 valence electrons. The van der Waals surface area contributed by atoms with Crippen molar-refractivity contribution in [1.29, 1.82) is 0 Å². The zero-order valence-electron chi connectivity index (χ0n) is 10.8. The summed E-state index contributed by atoms with van der Waals surface area (Å²) in [4.78, 5) is 13.8. The average Bonchev–Trinajstić information content (AvgIpc) is 2.46. The van der Waals surface area contributed by atoms with Crippen LogP contribution in [-0.4, -0.2) is 28.2 Å². The summed E-state index contributed by atoms with van der Waals surface area (Å²) >= 11 is 0. The summed E-state index contributed by atoms with van der Waals surface area (Å²) in [7, 11) is 0. The van der Waals surface area contributed by atoms with Gasteiger partial charge in [-0.1, -0.05) is 19.3 Å². The van der Waals surface area contributed by atoms with Crippen molar-refractivity contribution in [3.05, 3.63) is 28.4 Å². The molecule has 0 radical (unpaired) electrons. The van der Waals surface area contributed by atoms with E-state index in [1.807, 2.05) is 0 Å². The molecule has 0 aliphatic heterocycles. The molecule has 1 aliphatic carbocycles. The standard InChI is InChI=1S/C13H19N3O3/c17-10-13(6-2-1-3-7-13)9-15-11-4-5-12(14-8-11)16(18)19/h4-5,8,15,17H,1-3,6-7,9-10H2. The number of aromatic nitrogens is 1. The highest BCUT2D eigenvalue weighted by atomic mass is 16.6. The van der Waals surface area contributed by atoms with Crippen molar-refractivity contribution in [3.8, 4) is 0 Å². The molecule has 0 amide bonds. The normalized spacial score (nSPS) is 17.9. The van der Waals surface area contributed by atoms with E-state index in [0.717, 1.165) is 31.4 Å². The minimum absolute atomic E-state index is 0.0555. The van der Waals surface area contributed by atoms with Crippen LogP contribution in [0, 0.1) is 15.5 Å². The van der Waals surface area contributed by atoms with Crippen LogP contribution in [0.2, 0.25) is 0 Å². The Morgan fingerprint density at radius 2 is 2.11 bits per heavy atom. The van der Waals surface area contributed by atoms with Crippen molar-refractivity contribution in [1.82, 2.24) is 4.98 Å². The van der Waals surface area contributed by atoms with E-state index in [-0.39, 0.29) is 17.8 Å². The molecular formula is C13H19N3O3. The number of nitrogens with one attached hydrogen (secondary N) is 1. The molecule has 0 unspecified atom stereocenters. The third-order valence-electron chi connectivity index (χ3n) is 3.85. The van der Waals surface area contributed by atoms with E-state index in [1.165, 1.54) is 18.7 Å². The first kappa shape index (κ1) is 13.7. The van der Waals surface area contributed by atoms with E-state index in [0.29, 0.717) is 6.54 Å². The molecule has 1 fully saturated rings. The van der Waals surface area contributed by atoms with Crippen molar-refractivity contribution in [2.75, 3.05) is 18.5 Å². The summed E-state index contributed by atoms with van der Waals surface area (Å²) in [5, 5.41) is 23.3. The molecule has 1 aromatic heterocycles. The Labute approximate surface area is 112 Å². The van der Waals surface area contributed by atoms with Crippen LogP contribution >= 0.6 is 0 Å². The molecule has 2 rings (SSSR count). The summed E-state index contributed by atoms with van der Waals surface area (Å²) in [6.07, 6.45) is 7.06. The van der Waals surface area contributed by atoms with Gasteiger partial charge in [0.05, 0.1) is 12.3 Å². The Morgan fingerprint density at radius 1 is 1.37 bits per heavy atom. The molecule has 0 bridgehead atoms. The smallest absolute Gasteiger partial charge is 0.363 e. The van der Waals surface area contributed by atoms with Gasteiger partial charge >= 0.3 is 5.82 Å². The number of aliphatic hydroxyl groups excluding tert-OH is 1. The van der Waals surface area contributed by atoms with Crippen LogP contribution in [0.1, 0.15) is 32.1 Å². The fourth-order valence-corrected chi connectivity index (χ4v) is 2.58. The molecule has 0 spiro atoms. The Balaban J connectivity index is 1.95. The lowest BCUT2D eigenvalue weighted by atomic mass is 9.74. The molecule has 2 N–H and O–H groups in total. The van der Waals surface area contributed by atoms with Crippen molar-refractivity contribution >= 4 is 11.5 Å².